The number of nitrogens with zero attached hydrogens (tertiary/aromatic N) is 3. The molecule has 128 valence electrons. The average molecular weight is 337 g/mol. The number of amides is 1. The zero-order chi connectivity index (χ0) is 17.8. The van der Waals surface area contributed by atoms with Crippen LogP contribution < -0.4 is 10.6 Å². The summed E-state index contributed by atoms with van der Waals surface area (Å²) < 4.78 is 4.99. The standard InChI is InChI=1S/C18H19N5O2/c1-11-8-9-19-17(20-11)14-4-6-15(7-5-14)21-13(3)18(24)22-16-10-12(2)23-25-16/h4-10,13,21H,1-3H3,(H,22,24)/t13-/m1/s1. The summed E-state index contributed by atoms with van der Waals surface area (Å²) in [5.41, 5.74) is 3.38. The SMILES string of the molecule is Cc1cc(NC(=O)[C@@H](C)Nc2ccc(-c3nccc(C)n3)cc2)on1. The molecule has 0 radical (unpaired) electrons. The number of rotatable bonds is 5. The van der Waals surface area contributed by atoms with E-state index < -0.39 is 6.04 Å². The van der Waals surface area contributed by atoms with Crippen molar-refractivity contribution in [3.63, 3.8) is 0 Å². The Bertz CT molecular complexity index is 873. The van der Waals surface area contributed by atoms with Crippen LogP contribution in [0.2, 0.25) is 0 Å². The molecule has 0 spiro atoms. The maximum absolute atomic E-state index is 12.2. The Hall–Kier alpha value is -3.22. The molecule has 0 saturated carbocycles. The third kappa shape index (κ3) is 4.20. The molecule has 0 bridgehead atoms. The quantitative estimate of drug-likeness (QED) is 0.743. The number of hydrogen-bond donors (Lipinski definition) is 2. The molecule has 0 saturated heterocycles. The Morgan fingerprint density at radius 2 is 1.88 bits per heavy atom. The van der Waals surface area contributed by atoms with Gasteiger partial charge in [-0.15, -0.1) is 0 Å². The number of nitrogens with one attached hydrogen (secondary N) is 2. The summed E-state index contributed by atoms with van der Waals surface area (Å²) in [6, 6.07) is 10.7. The molecule has 1 aromatic carbocycles. The molecule has 2 heterocycles. The molecule has 2 N–H and O–H groups in total. The summed E-state index contributed by atoms with van der Waals surface area (Å²) >= 11 is 0. The molecule has 3 rings (SSSR count). The topological polar surface area (TPSA) is 92.9 Å². The molecule has 3 aromatic rings. The lowest BCUT2D eigenvalue weighted by Crippen LogP contribution is -2.31. The summed E-state index contributed by atoms with van der Waals surface area (Å²) in [4.78, 5) is 20.8. The molecule has 0 fully saturated rings. The van der Waals surface area contributed by atoms with E-state index in [1.54, 1.807) is 26.1 Å². The maximum atomic E-state index is 12.2. The second kappa shape index (κ2) is 7.12. The van der Waals surface area contributed by atoms with Crippen molar-refractivity contribution in [3.05, 3.63) is 54.0 Å². The number of benzene rings is 1. The van der Waals surface area contributed by atoms with Crippen LogP contribution in [-0.4, -0.2) is 27.1 Å². The van der Waals surface area contributed by atoms with Crippen LogP contribution in [0.15, 0.2) is 47.1 Å². The van der Waals surface area contributed by atoms with Crippen LogP contribution >= 0.6 is 0 Å². The second-order valence-electron chi connectivity index (χ2n) is 5.79. The van der Waals surface area contributed by atoms with Gasteiger partial charge in [0.15, 0.2) is 5.82 Å². The zero-order valence-electron chi connectivity index (χ0n) is 14.3. The minimum Gasteiger partial charge on any atom is -0.374 e. The fourth-order valence-corrected chi connectivity index (χ4v) is 2.27. The van der Waals surface area contributed by atoms with Gasteiger partial charge in [0.1, 0.15) is 6.04 Å². The van der Waals surface area contributed by atoms with E-state index in [0.29, 0.717) is 17.4 Å². The fourth-order valence-electron chi connectivity index (χ4n) is 2.27. The third-order valence-corrected chi connectivity index (χ3v) is 3.59. The van der Waals surface area contributed by atoms with Gasteiger partial charge in [-0.1, -0.05) is 5.16 Å². The van der Waals surface area contributed by atoms with Crippen molar-refractivity contribution >= 4 is 17.5 Å². The van der Waals surface area contributed by atoms with E-state index in [1.807, 2.05) is 37.3 Å². The molecule has 0 aliphatic heterocycles. The molecule has 1 atom stereocenters. The Morgan fingerprint density at radius 1 is 1.12 bits per heavy atom. The van der Waals surface area contributed by atoms with Crippen molar-refractivity contribution in [2.45, 2.75) is 26.8 Å². The number of aromatic nitrogens is 3. The first-order valence-electron chi connectivity index (χ1n) is 7.92. The van der Waals surface area contributed by atoms with Crippen LogP contribution in [0, 0.1) is 13.8 Å². The normalized spacial score (nSPS) is 11.8. The van der Waals surface area contributed by atoms with E-state index in [9.17, 15) is 4.79 Å². The lowest BCUT2D eigenvalue weighted by Gasteiger charge is -2.14. The first-order valence-corrected chi connectivity index (χ1v) is 7.92. The van der Waals surface area contributed by atoms with Crippen LogP contribution in [0.5, 0.6) is 0 Å². The second-order valence-corrected chi connectivity index (χ2v) is 5.79. The number of carbonyl (C=O) groups excluding carboxylic acids is 1. The van der Waals surface area contributed by atoms with Crippen molar-refractivity contribution in [1.29, 1.82) is 0 Å². The Labute approximate surface area is 145 Å². The van der Waals surface area contributed by atoms with Gasteiger partial charge in [-0.3, -0.25) is 10.1 Å². The predicted octanol–water partition coefficient (Wildman–Crippen LogP) is 3.19. The molecule has 0 aliphatic rings. The largest absolute Gasteiger partial charge is 0.374 e. The molecule has 7 heteroatoms. The maximum Gasteiger partial charge on any atom is 0.248 e. The van der Waals surface area contributed by atoms with Gasteiger partial charge in [-0.05, 0) is 51.1 Å². The number of aryl methyl sites for hydroxylation is 2. The lowest BCUT2D eigenvalue weighted by atomic mass is 10.1. The summed E-state index contributed by atoms with van der Waals surface area (Å²) in [6.07, 6.45) is 1.74. The summed E-state index contributed by atoms with van der Waals surface area (Å²) in [5.74, 6) is 0.809. The van der Waals surface area contributed by atoms with Crippen LogP contribution in [0.1, 0.15) is 18.3 Å². The van der Waals surface area contributed by atoms with Gasteiger partial charge in [0.2, 0.25) is 11.8 Å². The first kappa shape index (κ1) is 16.6. The summed E-state index contributed by atoms with van der Waals surface area (Å²) in [7, 11) is 0. The van der Waals surface area contributed by atoms with Gasteiger partial charge >= 0.3 is 0 Å². The number of hydrogen-bond acceptors (Lipinski definition) is 6. The Morgan fingerprint density at radius 3 is 2.52 bits per heavy atom. The van der Waals surface area contributed by atoms with E-state index in [2.05, 4.69) is 25.8 Å². The minimum atomic E-state index is -0.438. The molecule has 7 nitrogen and oxygen atoms in total. The summed E-state index contributed by atoms with van der Waals surface area (Å²) in [6.45, 7) is 5.49. The van der Waals surface area contributed by atoms with Gasteiger partial charge in [0.05, 0.1) is 5.69 Å². The van der Waals surface area contributed by atoms with Crippen LogP contribution in [0.3, 0.4) is 0 Å². The van der Waals surface area contributed by atoms with E-state index in [1.165, 1.54) is 0 Å². The molecule has 25 heavy (non-hydrogen) atoms. The van der Waals surface area contributed by atoms with Gasteiger partial charge in [0, 0.05) is 29.2 Å². The highest BCUT2D eigenvalue weighted by molar-refractivity contribution is 5.95. The highest BCUT2D eigenvalue weighted by atomic mass is 16.5. The van der Waals surface area contributed by atoms with Gasteiger partial charge in [-0.2, -0.15) is 0 Å². The molecule has 0 aliphatic carbocycles. The monoisotopic (exact) mass is 337 g/mol. The van der Waals surface area contributed by atoms with Crippen molar-refractivity contribution in [1.82, 2.24) is 15.1 Å². The average Bonchev–Trinajstić information content (AvgIpc) is 3.00. The van der Waals surface area contributed by atoms with E-state index in [4.69, 9.17) is 4.52 Å². The van der Waals surface area contributed by atoms with Gasteiger partial charge < -0.3 is 9.84 Å². The van der Waals surface area contributed by atoms with E-state index >= 15 is 0 Å². The van der Waals surface area contributed by atoms with Crippen molar-refractivity contribution in [3.8, 4) is 11.4 Å². The highest BCUT2D eigenvalue weighted by Gasteiger charge is 2.15. The molecule has 0 unspecified atom stereocenters. The third-order valence-electron chi connectivity index (χ3n) is 3.59. The minimum absolute atomic E-state index is 0.206. The van der Waals surface area contributed by atoms with Crippen LogP contribution in [0.25, 0.3) is 11.4 Å². The molecular weight excluding hydrogens is 318 g/mol. The Balaban J connectivity index is 1.63. The highest BCUT2D eigenvalue weighted by Crippen LogP contribution is 2.19. The predicted molar refractivity (Wildman–Crippen MR) is 95.2 cm³/mol. The zero-order valence-corrected chi connectivity index (χ0v) is 14.3. The molecule has 2 aromatic heterocycles. The van der Waals surface area contributed by atoms with Gasteiger partial charge in [0.25, 0.3) is 0 Å². The van der Waals surface area contributed by atoms with E-state index in [0.717, 1.165) is 16.9 Å². The number of carbonyl (C=O) groups is 1. The van der Waals surface area contributed by atoms with Crippen LogP contribution in [0.4, 0.5) is 11.6 Å². The smallest absolute Gasteiger partial charge is 0.248 e. The molecule has 1 amide bonds. The molecular formula is C18H19N5O2. The number of anilines is 2. The first-order chi connectivity index (χ1) is 12.0. The van der Waals surface area contributed by atoms with Crippen molar-refractivity contribution < 1.29 is 9.32 Å². The van der Waals surface area contributed by atoms with E-state index in [-0.39, 0.29) is 5.91 Å². The van der Waals surface area contributed by atoms with Crippen molar-refractivity contribution in [2.24, 2.45) is 0 Å². The van der Waals surface area contributed by atoms with Crippen LogP contribution in [-0.2, 0) is 4.79 Å². The summed E-state index contributed by atoms with van der Waals surface area (Å²) in [5, 5.41) is 9.56. The van der Waals surface area contributed by atoms with Crippen molar-refractivity contribution in [2.75, 3.05) is 10.6 Å². The Kier molecular flexibility index (Phi) is 4.74. The van der Waals surface area contributed by atoms with Gasteiger partial charge in [-0.25, -0.2) is 9.97 Å². The lowest BCUT2D eigenvalue weighted by molar-refractivity contribution is -0.116. The fraction of sp³-hybridized carbons (Fsp3) is 0.222.